The maximum atomic E-state index is 5.24. The highest BCUT2D eigenvalue weighted by Gasteiger charge is 2.19. The molecular weight excluding hydrogens is 314 g/mol. The zero-order chi connectivity index (χ0) is 17.6. The van der Waals surface area contributed by atoms with Gasteiger partial charge in [0, 0.05) is 51.0 Å². The fraction of sp³-hybridized carbons (Fsp3) is 0.474. The number of aromatic nitrogens is 2. The van der Waals surface area contributed by atoms with E-state index in [-0.39, 0.29) is 0 Å². The first-order chi connectivity index (χ1) is 12.2. The van der Waals surface area contributed by atoms with Gasteiger partial charge in [-0.15, -0.1) is 0 Å². The molecule has 0 saturated carbocycles. The van der Waals surface area contributed by atoms with Crippen LogP contribution >= 0.6 is 0 Å². The summed E-state index contributed by atoms with van der Waals surface area (Å²) < 4.78 is 5.24. The van der Waals surface area contributed by atoms with E-state index in [0.29, 0.717) is 0 Å². The molecule has 2 heterocycles. The molecule has 1 fully saturated rings. The van der Waals surface area contributed by atoms with Crippen molar-refractivity contribution in [2.24, 2.45) is 0 Å². The summed E-state index contributed by atoms with van der Waals surface area (Å²) in [5.41, 5.74) is 1.24. The third-order valence-electron chi connectivity index (χ3n) is 4.77. The van der Waals surface area contributed by atoms with Crippen LogP contribution in [-0.4, -0.2) is 56.3 Å². The highest BCUT2D eigenvalue weighted by molar-refractivity contribution is 5.53. The van der Waals surface area contributed by atoms with Crippen molar-refractivity contribution in [2.45, 2.75) is 13.8 Å². The zero-order valence-corrected chi connectivity index (χ0v) is 15.4. The number of nitrogens with zero attached hydrogens (tertiary/aromatic N) is 5. The summed E-state index contributed by atoms with van der Waals surface area (Å²) in [5, 5.41) is 0. The predicted octanol–water partition coefficient (Wildman–Crippen LogP) is 2.66. The van der Waals surface area contributed by atoms with Crippen LogP contribution in [0.15, 0.2) is 36.7 Å². The van der Waals surface area contributed by atoms with E-state index in [1.54, 1.807) is 13.4 Å². The molecule has 0 bridgehead atoms. The van der Waals surface area contributed by atoms with Gasteiger partial charge in [0.05, 0.1) is 7.11 Å². The quantitative estimate of drug-likeness (QED) is 0.805. The van der Waals surface area contributed by atoms with Crippen LogP contribution in [0.1, 0.15) is 13.8 Å². The molecule has 6 heteroatoms. The summed E-state index contributed by atoms with van der Waals surface area (Å²) >= 11 is 0. The van der Waals surface area contributed by atoms with E-state index >= 15 is 0 Å². The van der Waals surface area contributed by atoms with Crippen LogP contribution in [-0.2, 0) is 0 Å². The summed E-state index contributed by atoms with van der Waals surface area (Å²) in [6.07, 6.45) is 1.68. The topological polar surface area (TPSA) is 44.7 Å². The van der Waals surface area contributed by atoms with Crippen LogP contribution in [0, 0.1) is 0 Å². The maximum Gasteiger partial charge on any atom is 0.134 e. The molecule has 134 valence electrons. The number of anilines is 3. The van der Waals surface area contributed by atoms with Gasteiger partial charge in [0.2, 0.25) is 0 Å². The van der Waals surface area contributed by atoms with Gasteiger partial charge in [-0.25, -0.2) is 9.97 Å². The van der Waals surface area contributed by atoms with Crippen molar-refractivity contribution < 1.29 is 4.74 Å². The summed E-state index contributed by atoms with van der Waals surface area (Å²) in [4.78, 5) is 15.9. The third kappa shape index (κ3) is 3.95. The molecule has 3 rings (SSSR count). The van der Waals surface area contributed by atoms with Crippen LogP contribution in [0.2, 0.25) is 0 Å². The molecule has 25 heavy (non-hydrogen) atoms. The SMILES string of the molecule is CCN(CC)c1cc(N2CCN(c3ccc(OC)cc3)CC2)ncn1. The van der Waals surface area contributed by atoms with E-state index in [1.807, 2.05) is 12.1 Å². The smallest absolute Gasteiger partial charge is 0.134 e. The molecule has 1 aliphatic heterocycles. The standard InChI is InChI=1S/C19H27N5O/c1-4-22(5-2)18-14-19(21-15-20-18)24-12-10-23(11-13-24)16-6-8-17(25-3)9-7-16/h6-9,14-15H,4-5,10-13H2,1-3H3. The molecule has 6 nitrogen and oxygen atoms in total. The second kappa shape index (κ2) is 8.05. The monoisotopic (exact) mass is 341 g/mol. The zero-order valence-electron chi connectivity index (χ0n) is 15.4. The third-order valence-corrected chi connectivity index (χ3v) is 4.77. The number of rotatable bonds is 6. The number of methoxy groups -OCH3 is 1. The summed E-state index contributed by atoms with van der Waals surface area (Å²) in [5.74, 6) is 2.92. The summed E-state index contributed by atoms with van der Waals surface area (Å²) in [7, 11) is 1.70. The molecule has 1 aromatic heterocycles. The number of hydrogen-bond donors (Lipinski definition) is 0. The summed E-state index contributed by atoms with van der Waals surface area (Å²) in [6, 6.07) is 10.4. The van der Waals surface area contributed by atoms with E-state index in [2.05, 4.69) is 56.7 Å². The van der Waals surface area contributed by atoms with E-state index in [9.17, 15) is 0 Å². The lowest BCUT2D eigenvalue weighted by atomic mass is 10.2. The second-order valence-corrected chi connectivity index (χ2v) is 6.08. The fourth-order valence-corrected chi connectivity index (χ4v) is 3.22. The van der Waals surface area contributed by atoms with E-state index in [4.69, 9.17) is 4.74 Å². The van der Waals surface area contributed by atoms with Gasteiger partial charge >= 0.3 is 0 Å². The first-order valence-electron chi connectivity index (χ1n) is 8.96. The number of benzene rings is 1. The van der Waals surface area contributed by atoms with Gasteiger partial charge in [-0.1, -0.05) is 0 Å². The van der Waals surface area contributed by atoms with Gasteiger partial charge in [-0.3, -0.25) is 0 Å². The molecule has 0 amide bonds. The fourth-order valence-electron chi connectivity index (χ4n) is 3.22. The minimum atomic E-state index is 0.896. The van der Waals surface area contributed by atoms with Crippen molar-refractivity contribution in [1.82, 2.24) is 9.97 Å². The molecule has 0 atom stereocenters. The highest BCUT2D eigenvalue weighted by Crippen LogP contribution is 2.23. The van der Waals surface area contributed by atoms with Crippen molar-refractivity contribution in [3.8, 4) is 5.75 Å². The van der Waals surface area contributed by atoms with Crippen LogP contribution in [0.4, 0.5) is 17.3 Å². The Bertz CT molecular complexity index is 664. The Hall–Kier alpha value is -2.50. The van der Waals surface area contributed by atoms with Crippen molar-refractivity contribution >= 4 is 17.3 Å². The Morgan fingerprint density at radius 3 is 2.20 bits per heavy atom. The molecular formula is C19H27N5O. The first-order valence-corrected chi connectivity index (χ1v) is 8.96. The lowest BCUT2D eigenvalue weighted by molar-refractivity contribution is 0.415. The Labute approximate surface area is 150 Å². The molecule has 1 saturated heterocycles. The van der Waals surface area contributed by atoms with Crippen LogP contribution in [0.3, 0.4) is 0 Å². The Balaban J connectivity index is 1.64. The van der Waals surface area contributed by atoms with Crippen molar-refractivity contribution in [3.05, 3.63) is 36.7 Å². The largest absolute Gasteiger partial charge is 0.497 e. The summed E-state index contributed by atoms with van der Waals surface area (Å²) in [6.45, 7) is 10.1. The van der Waals surface area contributed by atoms with Gasteiger partial charge in [-0.2, -0.15) is 0 Å². The van der Waals surface area contributed by atoms with Crippen molar-refractivity contribution in [3.63, 3.8) is 0 Å². The molecule has 0 N–H and O–H groups in total. The average molecular weight is 341 g/mol. The number of ether oxygens (including phenoxy) is 1. The van der Waals surface area contributed by atoms with Gasteiger partial charge in [0.15, 0.2) is 0 Å². The molecule has 0 unspecified atom stereocenters. The minimum absolute atomic E-state index is 0.896. The van der Waals surface area contributed by atoms with Gasteiger partial charge in [0.25, 0.3) is 0 Å². The molecule has 0 spiro atoms. The minimum Gasteiger partial charge on any atom is -0.497 e. The van der Waals surface area contributed by atoms with E-state index in [1.165, 1.54) is 5.69 Å². The second-order valence-electron chi connectivity index (χ2n) is 6.08. The Morgan fingerprint density at radius 2 is 1.60 bits per heavy atom. The molecule has 1 aliphatic rings. The van der Waals surface area contributed by atoms with Crippen LogP contribution < -0.4 is 19.4 Å². The molecule has 0 radical (unpaired) electrons. The number of hydrogen-bond acceptors (Lipinski definition) is 6. The maximum absolute atomic E-state index is 5.24. The van der Waals surface area contributed by atoms with Gasteiger partial charge in [-0.05, 0) is 38.1 Å². The molecule has 2 aromatic rings. The molecule has 0 aliphatic carbocycles. The Kier molecular flexibility index (Phi) is 5.58. The van der Waals surface area contributed by atoms with E-state index < -0.39 is 0 Å². The lowest BCUT2D eigenvalue weighted by Gasteiger charge is -2.37. The van der Waals surface area contributed by atoms with Crippen molar-refractivity contribution in [1.29, 1.82) is 0 Å². The molecule has 1 aromatic carbocycles. The average Bonchev–Trinajstić information content (AvgIpc) is 2.69. The Morgan fingerprint density at radius 1 is 0.960 bits per heavy atom. The van der Waals surface area contributed by atoms with Crippen molar-refractivity contribution in [2.75, 3.05) is 61.1 Å². The van der Waals surface area contributed by atoms with Gasteiger partial charge < -0.3 is 19.4 Å². The first kappa shape index (κ1) is 17.3. The normalized spacial score (nSPS) is 14.5. The predicted molar refractivity (Wildman–Crippen MR) is 103 cm³/mol. The van der Waals surface area contributed by atoms with E-state index in [0.717, 1.165) is 56.7 Å². The van der Waals surface area contributed by atoms with Crippen LogP contribution in [0.25, 0.3) is 0 Å². The highest BCUT2D eigenvalue weighted by atomic mass is 16.5. The van der Waals surface area contributed by atoms with Crippen LogP contribution in [0.5, 0.6) is 5.75 Å². The van der Waals surface area contributed by atoms with Gasteiger partial charge in [0.1, 0.15) is 23.7 Å². The lowest BCUT2D eigenvalue weighted by Crippen LogP contribution is -2.46. The number of piperazine rings is 1.